The van der Waals surface area contributed by atoms with E-state index in [0.29, 0.717) is 0 Å². The maximum atomic E-state index is 15.6. The molecule has 2 aromatic rings. The van der Waals surface area contributed by atoms with E-state index in [0.717, 1.165) is 24.3 Å². The molecule has 36 heavy (non-hydrogen) atoms. The van der Waals surface area contributed by atoms with Crippen molar-refractivity contribution in [3.05, 3.63) is 60.7 Å². The Bertz CT molecular complexity index is 1410. The van der Waals surface area contributed by atoms with Crippen LogP contribution in [0.5, 0.6) is 11.5 Å². The van der Waals surface area contributed by atoms with Crippen molar-refractivity contribution < 1.29 is 51.0 Å². The molecule has 0 N–H and O–H groups in total. The lowest BCUT2D eigenvalue weighted by Crippen LogP contribution is -1.90. The average molecular weight is 646 g/mol. The van der Waals surface area contributed by atoms with E-state index in [9.17, 15) is 33.6 Å². The maximum absolute atomic E-state index is 15.6. The van der Waals surface area contributed by atoms with Crippen molar-refractivity contribution in [2.75, 3.05) is 0 Å². The molecule has 1 aliphatic heterocycles. The molecule has 3 rings (SSSR count). The molecule has 0 aliphatic carbocycles. The highest BCUT2D eigenvalue weighted by Gasteiger charge is 2.42. The first-order valence-corrected chi connectivity index (χ1v) is 17.6. The minimum absolute atomic E-state index is 0.644. The lowest BCUT2D eigenvalue weighted by Gasteiger charge is -2.18. The molecule has 0 aromatic heterocycles. The minimum Gasteiger partial charge on any atom is -0.419 e. The third-order valence-corrected chi connectivity index (χ3v) is 14.5. The Hall–Kier alpha value is -1.28. The van der Waals surface area contributed by atoms with Crippen LogP contribution in [-0.2, 0) is 0 Å². The summed E-state index contributed by atoms with van der Waals surface area (Å²) in [7, 11) is -40.6. The van der Waals surface area contributed by atoms with Gasteiger partial charge in [0.2, 0.25) is 0 Å². The summed E-state index contributed by atoms with van der Waals surface area (Å²) in [5.74, 6) is -1.29. The molecule has 0 fully saturated rings. The van der Waals surface area contributed by atoms with Gasteiger partial charge in [0.25, 0.3) is 0 Å². The molecule has 2 unspecified atom stereocenters. The molecule has 0 radical (unpaired) electrons. The van der Waals surface area contributed by atoms with Gasteiger partial charge >= 0.3 is 46.8 Å². The summed E-state index contributed by atoms with van der Waals surface area (Å²) in [6.45, 7) is 0. The van der Waals surface area contributed by atoms with E-state index in [1.54, 1.807) is 0 Å². The molecule has 24 heteroatoms. The molecule has 200 valence electrons. The molecular formula is C12H10F10N6O2P6. The van der Waals surface area contributed by atoms with E-state index in [1.807, 2.05) is 0 Å². The van der Waals surface area contributed by atoms with Crippen LogP contribution in [0.2, 0.25) is 0 Å². The van der Waals surface area contributed by atoms with Gasteiger partial charge in [0, 0.05) is 0 Å². The molecule has 8 nitrogen and oxygen atoms in total. The van der Waals surface area contributed by atoms with E-state index in [1.165, 1.54) is 49.9 Å². The second-order valence-corrected chi connectivity index (χ2v) is 16.3. The van der Waals surface area contributed by atoms with Crippen LogP contribution in [0.15, 0.2) is 87.8 Å². The fourth-order valence-corrected chi connectivity index (χ4v) is 12.7. The van der Waals surface area contributed by atoms with Crippen LogP contribution in [0.4, 0.5) is 42.0 Å². The zero-order chi connectivity index (χ0) is 26.9. The van der Waals surface area contributed by atoms with Gasteiger partial charge in [-0.15, -0.1) is 69.1 Å². The monoisotopic (exact) mass is 646 g/mol. The van der Waals surface area contributed by atoms with Gasteiger partial charge < -0.3 is 9.05 Å². The Morgan fingerprint density at radius 1 is 0.389 bits per heavy atom. The van der Waals surface area contributed by atoms with Crippen molar-refractivity contribution in [3.63, 3.8) is 0 Å². The number of hydrogen-bond donors (Lipinski definition) is 0. The summed E-state index contributed by atoms with van der Waals surface area (Å²) in [5.41, 5.74) is 0. The SMILES string of the molecule is FP1(F)=NP(F)(F)=NP(F)(F)=NP(F)(Oc2ccccc2)=NP(F)(Oc2ccccc2)=NP(F)(F)=N1. The van der Waals surface area contributed by atoms with Crippen LogP contribution >= 0.6 is 46.8 Å². The fourth-order valence-electron chi connectivity index (χ4n) is 2.20. The Balaban J connectivity index is 2.44. The summed E-state index contributed by atoms with van der Waals surface area (Å²) in [6, 6.07) is 11.2. The second kappa shape index (κ2) is 10.5. The van der Waals surface area contributed by atoms with Gasteiger partial charge in [-0.1, -0.05) is 36.4 Å². The fraction of sp³-hybridized carbons (Fsp3) is 0. The van der Waals surface area contributed by atoms with Crippen LogP contribution in [0.3, 0.4) is 0 Å². The average Bonchev–Trinajstić information content (AvgIpc) is 2.63. The van der Waals surface area contributed by atoms with E-state index >= 15 is 8.39 Å². The van der Waals surface area contributed by atoms with Gasteiger partial charge in [-0.2, -0.15) is 0 Å². The van der Waals surface area contributed by atoms with Gasteiger partial charge in [-0.05, 0) is 24.3 Å². The summed E-state index contributed by atoms with van der Waals surface area (Å²) < 4.78 is 164. The molecule has 2 atom stereocenters. The molecule has 1 aliphatic rings. The number of rotatable bonds is 4. The van der Waals surface area contributed by atoms with Crippen LogP contribution < -0.4 is 9.05 Å². The Kier molecular flexibility index (Phi) is 8.52. The van der Waals surface area contributed by atoms with E-state index < -0.39 is 58.3 Å². The minimum atomic E-state index is -7.07. The van der Waals surface area contributed by atoms with Crippen molar-refractivity contribution in [1.29, 1.82) is 0 Å². The van der Waals surface area contributed by atoms with Gasteiger partial charge in [0.15, 0.2) is 0 Å². The first kappa shape index (κ1) is 29.3. The molecule has 0 saturated carbocycles. The summed E-state index contributed by atoms with van der Waals surface area (Å²) >= 11 is 0. The van der Waals surface area contributed by atoms with Gasteiger partial charge in [-0.3, -0.25) is 0 Å². The predicted molar refractivity (Wildman–Crippen MR) is 121 cm³/mol. The van der Waals surface area contributed by atoms with Crippen molar-refractivity contribution in [2.24, 2.45) is 27.1 Å². The van der Waals surface area contributed by atoms with E-state index in [4.69, 9.17) is 0 Å². The van der Waals surface area contributed by atoms with Gasteiger partial charge in [0.05, 0.1) is 0 Å². The highest BCUT2D eigenvalue weighted by molar-refractivity contribution is 7.78. The molecule has 0 amide bonds. The summed E-state index contributed by atoms with van der Waals surface area (Å²) in [4.78, 5) is 0. The third-order valence-electron chi connectivity index (χ3n) is 3.23. The first-order valence-electron chi connectivity index (χ1n) is 8.69. The first-order chi connectivity index (χ1) is 16.4. The molecule has 1 heterocycles. The number of para-hydroxylation sites is 2. The second-order valence-electron chi connectivity index (χ2n) is 6.11. The molecule has 0 bridgehead atoms. The van der Waals surface area contributed by atoms with E-state index in [2.05, 4.69) is 22.6 Å². The van der Waals surface area contributed by atoms with Crippen LogP contribution in [-0.4, -0.2) is 0 Å². The quantitative estimate of drug-likeness (QED) is 0.244. The van der Waals surface area contributed by atoms with Crippen LogP contribution in [0, 0.1) is 0 Å². The van der Waals surface area contributed by atoms with Crippen LogP contribution in [0.25, 0.3) is 0 Å². The van der Waals surface area contributed by atoms with Gasteiger partial charge in [-0.25, -0.2) is 0 Å². The number of hydrogen-bond acceptors (Lipinski definition) is 8. The highest BCUT2D eigenvalue weighted by atomic mass is 31.3. The zero-order valence-electron chi connectivity index (χ0n) is 16.7. The Morgan fingerprint density at radius 3 is 1.08 bits per heavy atom. The lowest BCUT2D eigenvalue weighted by molar-refractivity contribution is 0.535. The van der Waals surface area contributed by atoms with Crippen molar-refractivity contribution >= 4 is 46.8 Å². The largest absolute Gasteiger partial charge is 0.442 e. The van der Waals surface area contributed by atoms with Crippen molar-refractivity contribution in [3.8, 4) is 11.5 Å². The number of halogens is 10. The summed E-state index contributed by atoms with van der Waals surface area (Å²) in [6.07, 6.45) is 0. The smallest absolute Gasteiger partial charge is 0.419 e. The highest BCUT2D eigenvalue weighted by Crippen LogP contribution is 2.82. The lowest BCUT2D eigenvalue weighted by atomic mass is 10.3. The van der Waals surface area contributed by atoms with Gasteiger partial charge in [0.1, 0.15) is 11.5 Å². The predicted octanol–water partition coefficient (Wildman–Crippen LogP) is 13.5. The Labute approximate surface area is 197 Å². The molecule has 0 saturated heterocycles. The Morgan fingerprint density at radius 2 is 0.694 bits per heavy atom. The number of benzene rings is 2. The standard InChI is InChI=1S/C12H10F10N6O2P6/c13-31(14)23-32(15,16)25-34(19,20)27-36(22,30-12-9-5-2-6-10-12)28-35(21,26-33(17,18)24-31)29-11-7-3-1-4-8-11/h1-10H. The van der Waals surface area contributed by atoms with Crippen molar-refractivity contribution in [2.45, 2.75) is 0 Å². The zero-order valence-corrected chi connectivity index (χ0v) is 22.1. The molecule has 0 spiro atoms. The molecule has 2 aromatic carbocycles. The number of nitrogens with zero attached hydrogens (tertiary/aromatic N) is 6. The van der Waals surface area contributed by atoms with E-state index in [-0.39, 0.29) is 0 Å². The third kappa shape index (κ3) is 8.93. The van der Waals surface area contributed by atoms with Crippen molar-refractivity contribution in [1.82, 2.24) is 0 Å². The maximum Gasteiger partial charge on any atom is 0.442 e. The topological polar surface area (TPSA) is 92.6 Å². The summed E-state index contributed by atoms with van der Waals surface area (Å²) in [5, 5.41) is 0. The van der Waals surface area contributed by atoms with Crippen LogP contribution in [0.1, 0.15) is 0 Å². The normalized spacial score (nSPS) is 28.5. The molecular weight excluding hydrogens is 636 g/mol.